The van der Waals surface area contributed by atoms with Gasteiger partial charge in [0.2, 0.25) is 0 Å². The van der Waals surface area contributed by atoms with Crippen LogP contribution in [-0.4, -0.2) is 48.0 Å². The maximum absolute atomic E-state index is 5.58. The monoisotopic (exact) mass is 234 g/mol. The van der Waals surface area contributed by atoms with Gasteiger partial charge in [-0.15, -0.1) is 0 Å². The predicted molar refractivity (Wildman–Crippen MR) is 70.6 cm³/mol. The van der Waals surface area contributed by atoms with E-state index in [9.17, 15) is 0 Å². The predicted octanol–water partition coefficient (Wildman–Crippen LogP) is 1.19. The Morgan fingerprint density at radius 1 is 1.35 bits per heavy atom. The second-order valence-corrected chi connectivity index (χ2v) is 5.06. The smallest absolute Gasteiger partial charge is 0.123 e. The number of nitrogens with two attached hydrogens (primary N) is 1. The highest BCUT2D eigenvalue weighted by Gasteiger charge is 2.20. The van der Waals surface area contributed by atoms with E-state index in [4.69, 9.17) is 5.73 Å². The number of hydrogen-bond acceptors (Lipinski definition) is 4. The highest BCUT2D eigenvalue weighted by atomic mass is 15.2. The maximum atomic E-state index is 5.58. The fourth-order valence-electron chi connectivity index (χ4n) is 2.38. The maximum Gasteiger partial charge on any atom is 0.123 e. The molecule has 4 heteroatoms. The standard InChI is InChI=1S/C13H22N4/c1-16(2)12-5-7-17(8-6-12)10-11-3-4-13(14)15-9-11/h3-4,9,12H,5-8,10H2,1-2H3,(H2,14,15). The van der Waals surface area contributed by atoms with Crippen LogP contribution >= 0.6 is 0 Å². The van der Waals surface area contributed by atoms with Gasteiger partial charge in [-0.05, 0) is 51.7 Å². The Morgan fingerprint density at radius 3 is 2.59 bits per heavy atom. The second-order valence-electron chi connectivity index (χ2n) is 5.06. The Hall–Kier alpha value is -1.13. The van der Waals surface area contributed by atoms with E-state index in [2.05, 4.69) is 34.9 Å². The molecule has 0 atom stereocenters. The number of nitrogens with zero attached hydrogens (tertiary/aromatic N) is 3. The van der Waals surface area contributed by atoms with E-state index in [1.165, 1.54) is 31.5 Å². The van der Waals surface area contributed by atoms with Gasteiger partial charge in [0.25, 0.3) is 0 Å². The van der Waals surface area contributed by atoms with Crippen LogP contribution in [0.1, 0.15) is 18.4 Å². The average Bonchev–Trinajstić information content (AvgIpc) is 2.33. The van der Waals surface area contributed by atoms with Gasteiger partial charge in [0, 0.05) is 18.8 Å². The highest BCUT2D eigenvalue weighted by molar-refractivity contribution is 5.29. The second kappa shape index (κ2) is 5.47. The Bertz CT molecular complexity index is 339. The SMILES string of the molecule is CN(C)C1CCN(Cc2ccc(N)nc2)CC1. The van der Waals surface area contributed by atoms with Crippen molar-refractivity contribution in [1.82, 2.24) is 14.8 Å². The van der Waals surface area contributed by atoms with Gasteiger partial charge in [-0.3, -0.25) is 4.90 Å². The average molecular weight is 234 g/mol. The van der Waals surface area contributed by atoms with Crippen molar-refractivity contribution >= 4 is 5.82 Å². The zero-order valence-electron chi connectivity index (χ0n) is 10.8. The number of aromatic nitrogens is 1. The topological polar surface area (TPSA) is 45.4 Å². The van der Waals surface area contributed by atoms with Crippen LogP contribution in [0.25, 0.3) is 0 Å². The molecule has 1 aliphatic heterocycles. The van der Waals surface area contributed by atoms with Crippen LogP contribution in [0.15, 0.2) is 18.3 Å². The van der Waals surface area contributed by atoms with E-state index < -0.39 is 0 Å². The fourth-order valence-corrected chi connectivity index (χ4v) is 2.38. The number of nitrogen functional groups attached to an aromatic ring is 1. The van der Waals surface area contributed by atoms with Gasteiger partial charge in [0.05, 0.1) is 0 Å². The molecule has 1 saturated heterocycles. The van der Waals surface area contributed by atoms with Gasteiger partial charge in [-0.1, -0.05) is 6.07 Å². The first-order valence-corrected chi connectivity index (χ1v) is 6.24. The van der Waals surface area contributed by atoms with Crippen molar-refractivity contribution in [3.05, 3.63) is 23.9 Å². The number of rotatable bonds is 3. The molecular weight excluding hydrogens is 212 g/mol. The summed E-state index contributed by atoms with van der Waals surface area (Å²) in [6.45, 7) is 3.34. The van der Waals surface area contributed by atoms with E-state index in [-0.39, 0.29) is 0 Å². The van der Waals surface area contributed by atoms with E-state index in [1.54, 1.807) is 0 Å². The van der Waals surface area contributed by atoms with Gasteiger partial charge in [-0.25, -0.2) is 4.98 Å². The third kappa shape index (κ3) is 3.41. The minimum atomic E-state index is 0.597. The lowest BCUT2D eigenvalue weighted by Crippen LogP contribution is -2.41. The summed E-state index contributed by atoms with van der Waals surface area (Å²) < 4.78 is 0. The number of likely N-dealkylation sites (tertiary alicyclic amines) is 1. The van der Waals surface area contributed by atoms with Gasteiger partial charge in [0.15, 0.2) is 0 Å². The van der Waals surface area contributed by atoms with E-state index in [0.29, 0.717) is 5.82 Å². The van der Waals surface area contributed by atoms with Gasteiger partial charge in [-0.2, -0.15) is 0 Å². The van der Waals surface area contributed by atoms with Crippen molar-refractivity contribution in [2.75, 3.05) is 32.9 Å². The Morgan fingerprint density at radius 2 is 2.06 bits per heavy atom. The van der Waals surface area contributed by atoms with Crippen LogP contribution in [-0.2, 0) is 6.54 Å². The van der Waals surface area contributed by atoms with Gasteiger partial charge >= 0.3 is 0 Å². The minimum Gasteiger partial charge on any atom is -0.384 e. The summed E-state index contributed by atoms with van der Waals surface area (Å²) in [5.74, 6) is 0.597. The lowest BCUT2D eigenvalue weighted by molar-refractivity contribution is 0.140. The molecule has 0 aliphatic carbocycles. The first kappa shape index (κ1) is 12.3. The number of piperidine rings is 1. The first-order chi connectivity index (χ1) is 8.15. The zero-order chi connectivity index (χ0) is 12.3. The third-order valence-corrected chi connectivity index (χ3v) is 3.54. The van der Waals surface area contributed by atoms with Crippen LogP contribution in [0.5, 0.6) is 0 Å². The third-order valence-electron chi connectivity index (χ3n) is 3.54. The largest absolute Gasteiger partial charge is 0.384 e. The van der Waals surface area contributed by atoms with Crippen molar-refractivity contribution in [3.63, 3.8) is 0 Å². The molecule has 0 amide bonds. The normalized spacial score (nSPS) is 18.8. The number of pyridine rings is 1. The lowest BCUT2D eigenvalue weighted by Gasteiger charge is -2.35. The summed E-state index contributed by atoms with van der Waals surface area (Å²) in [6.07, 6.45) is 4.40. The van der Waals surface area contributed by atoms with Crippen LogP contribution < -0.4 is 5.73 Å². The molecule has 1 fully saturated rings. The zero-order valence-corrected chi connectivity index (χ0v) is 10.8. The molecule has 0 saturated carbocycles. The molecular formula is C13H22N4. The summed E-state index contributed by atoms with van der Waals surface area (Å²) in [6, 6.07) is 4.69. The van der Waals surface area contributed by atoms with Crippen molar-refractivity contribution in [2.24, 2.45) is 0 Å². The van der Waals surface area contributed by atoms with E-state index in [1.807, 2.05) is 12.3 Å². The molecule has 2 N–H and O–H groups in total. The summed E-state index contributed by atoms with van der Waals surface area (Å²) in [7, 11) is 4.34. The van der Waals surface area contributed by atoms with Crippen LogP contribution in [0.2, 0.25) is 0 Å². The van der Waals surface area contributed by atoms with Crippen molar-refractivity contribution in [2.45, 2.75) is 25.4 Å². The molecule has 2 rings (SSSR count). The summed E-state index contributed by atoms with van der Waals surface area (Å²) in [5.41, 5.74) is 6.83. The molecule has 4 nitrogen and oxygen atoms in total. The molecule has 0 bridgehead atoms. The lowest BCUT2D eigenvalue weighted by atomic mass is 10.0. The molecule has 94 valence electrons. The molecule has 1 aliphatic rings. The van der Waals surface area contributed by atoms with E-state index in [0.717, 1.165) is 12.6 Å². The molecule has 0 radical (unpaired) electrons. The van der Waals surface area contributed by atoms with E-state index >= 15 is 0 Å². The Labute approximate surface area is 103 Å². The van der Waals surface area contributed by atoms with Crippen molar-refractivity contribution < 1.29 is 0 Å². The van der Waals surface area contributed by atoms with Crippen molar-refractivity contribution in [1.29, 1.82) is 0 Å². The highest BCUT2D eigenvalue weighted by Crippen LogP contribution is 2.16. The molecule has 0 aromatic carbocycles. The Balaban J connectivity index is 1.84. The van der Waals surface area contributed by atoms with Crippen LogP contribution in [0.4, 0.5) is 5.82 Å². The summed E-state index contributed by atoms with van der Waals surface area (Å²) in [4.78, 5) is 8.96. The Kier molecular flexibility index (Phi) is 3.97. The molecule has 1 aromatic rings. The van der Waals surface area contributed by atoms with Gasteiger partial charge in [0.1, 0.15) is 5.82 Å². The molecule has 0 unspecified atom stereocenters. The summed E-state index contributed by atoms with van der Waals surface area (Å²) in [5, 5.41) is 0. The van der Waals surface area contributed by atoms with Crippen LogP contribution in [0, 0.1) is 0 Å². The van der Waals surface area contributed by atoms with Crippen LogP contribution in [0.3, 0.4) is 0 Å². The molecule has 0 spiro atoms. The molecule has 17 heavy (non-hydrogen) atoms. The van der Waals surface area contributed by atoms with Gasteiger partial charge < -0.3 is 10.6 Å². The summed E-state index contributed by atoms with van der Waals surface area (Å²) >= 11 is 0. The number of anilines is 1. The number of hydrogen-bond donors (Lipinski definition) is 1. The quantitative estimate of drug-likeness (QED) is 0.853. The molecule has 2 heterocycles. The minimum absolute atomic E-state index is 0.597. The fraction of sp³-hybridized carbons (Fsp3) is 0.615. The van der Waals surface area contributed by atoms with Crippen molar-refractivity contribution in [3.8, 4) is 0 Å². The molecule has 1 aromatic heterocycles. The first-order valence-electron chi connectivity index (χ1n) is 6.24.